The quantitative estimate of drug-likeness (QED) is 0.594. The molecule has 3 atom stereocenters. The van der Waals surface area contributed by atoms with Gasteiger partial charge in [0.1, 0.15) is 11.5 Å². The first kappa shape index (κ1) is 18.0. The highest BCUT2D eigenvalue weighted by Crippen LogP contribution is 2.63. The topological polar surface area (TPSA) is 57.1 Å². The number of aliphatic imine (C=N–C) groups is 1. The molecule has 0 radical (unpaired) electrons. The Morgan fingerprint density at radius 3 is 2.52 bits per heavy atom. The van der Waals surface area contributed by atoms with Crippen molar-refractivity contribution in [3.8, 4) is 11.5 Å². The van der Waals surface area contributed by atoms with Gasteiger partial charge in [-0.2, -0.15) is 0 Å². The molecule has 0 aromatic heterocycles. The molecule has 3 aliphatic carbocycles. The van der Waals surface area contributed by atoms with Crippen LogP contribution in [0.2, 0.25) is 0 Å². The van der Waals surface area contributed by atoms with Crippen molar-refractivity contribution >= 4 is 17.8 Å². The number of nitrogens with zero attached hydrogens (tertiary/aromatic N) is 1. The molecule has 144 valence electrons. The van der Waals surface area contributed by atoms with Crippen LogP contribution in [0.4, 0.5) is 4.39 Å². The standard InChI is InChI=1S/C21H24FNO4/c1-20(2)12-8-17(20)21(3)18(9-12)23-14(19(24)27-21)6-11-7-15(25-4)16(26-5)10-13(11)22/h6-7,10,12,17H,8-9H2,1-5H3/b14-6+/t12-,17-,21-/m0/s1/i22-1. The second-order valence-electron chi connectivity index (χ2n) is 8.32. The SMILES string of the molecule is COc1cc([18F])c(/C=C2/N=C3C[C@@H]4C[C@@H](C4(C)C)[C@]3(C)OC2=O)cc1OC. The van der Waals surface area contributed by atoms with Crippen LogP contribution in [0, 0.1) is 23.1 Å². The van der Waals surface area contributed by atoms with E-state index in [1.54, 1.807) is 0 Å². The first-order chi connectivity index (χ1) is 12.7. The van der Waals surface area contributed by atoms with Gasteiger partial charge in [-0.3, -0.25) is 0 Å². The Hall–Kier alpha value is -2.37. The van der Waals surface area contributed by atoms with Crippen LogP contribution in [0.1, 0.15) is 39.2 Å². The average Bonchev–Trinajstić information content (AvgIpc) is 2.62. The number of halogens is 1. The number of carbonyl (C=O) groups excluding carboxylic acids is 1. The molecule has 4 aliphatic rings. The molecule has 3 saturated carbocycles. The molecule has 1 heterocycles. The third-order valence-corrected chi connectivity index (χ3v) is 6.71. The molecular formula is C21H24FNO4. The summed E-state index contributed by atoms with van der Waals surface area (Å²) in [6.45, 7) is 6.41. The summed E-state index contributed by atoms with van der Waals surface area (Å²) < 4.78 is 30.6. The fourth-order valence-corrected chi connectivity index (χ4v) is 4.88. The Morgan fingerprint density at radius 2 is 1.89 bits per heavy atom. The predicted octanol–water partition coefficient (Wildman–Crippen LogP) is 4.01. The van der Waals surface area contributed by atoms with E-state index in [9.17, 15) is 9.18 Å². The Balaban J connectivity index is 1.74. The zero-order valence-corrected chi connectivity index (χ0v) is 16.3. The number of hydrogen-bond donors (Lipinski definition) is 0. The lowest BCUT2D eigenvalue weighted by Crippen LogP contribution is -2.67. The highest BCUT2D eigenvalue weighted by atomic mass is 18.2. The molecule has 1 aromatic rings. The minimum Gasteiger partial charge on any atom is -0.493 e. The van der Waals surface area contributed by atoms with E-state index < -0.39 is 17.4 Å². The monoisotopic (exact) mass is 372 g/mol. The van der Waals surface area contributed by atoms with Crippen LogP contribution in [-0.2, 0) is 9.53 Å². The summed E-state index contributed by atoms with van der Waals surface area (Å²) in [4.78, 5) is 17.2. The maximum atomic E-state index is 14.4. The van der Waals surface area contributed by atoms with Crippen molar-refractivity contribution < 1.29 is 23.4 Å². The Kier molecular flexibility index (Phi) is 3.88. The minimum absolute atomic E-state index is 0.118. The van der Waals surface area contributed by atoms with E-state index in [0.717, 1.165) is 18.6 Å². The third kappa shape index (κ3) is 2.49. The fourth-order valence-electron chi connectivity index (χ4n) is 4.88. The number of benzene rings is 1. The van der Waals surface area contributed by atoms with Crippen molar-refractivity contribution in [3.05, 3.63) is 29.2 Å². The predicted molar refractivity (Wildman–Crippen MR) is 99.4 cm³/mol. The Labute approximate surface area is 158 Å². The van der Waals surface area contributed by atoms with Gasteiger partial charge in [0.25, 0.3) is 0 Å². The average molecular weight is 372 g/mol. The van der Waals surface area contributed by atoms with E-state index in [4.69, 9.17) is 14.2 Å². The van der Waals surface area contributed by atoms with Gasteiger partial charge in [-0.25, -0.2) is 14.2 Å². The fraction of sp³-hybridized carbons (Fsp3) is 0.524. The molecule has 6 heteroatoms. The van der Waals surface area contributed by atoms with Crippen LogP contribution in [0.3, 0.4) is 0 Å². The highest BCUT2D eigenvalue weighted by Gasteiger charge is 2.65. The van der Waals surface area contributed by atoms with Crippen LogP contribution in [-0.4, -0.2) is 31.5 Å². The van der Waals surface area contributed by atoms with Gasteiger partial charge >= 0.3 is 5.97 Å². The summed E-state index contributed by atoms with van der Waals surface area (Å²) in [5.74, 6) is 0.451. The molecule has 0 unspecified atom stereocenters. The summed E-state index contributed by atoms with van der Waals surface area (Å²) in [6, 6.07) is 2.72. The lowest BCUT2D eigenvalue weighted by Gasteiger charge is -2.64. The van der Waals surface area contributed by atoms with Crippen LogP contribution in [0.5, 0.6) is 11.5 Å². The number of methoxy groups -OCH3 is 2. The summed E-state index contributed by atoms with van der Waals surface area (Å²) in [7, 11) is 2.92. The highest BCUT2D eigenvalue weighted by molar-refractivity contribution is 6.06. The molecule has 27 heavy (non-hydrogen) atoms. The van der Waals surface area contributed by atoms with E-state index in [1.807, 2.05) is 6.92 Å². The van der Waals surface area contributed by atoms with Crippen molar-refractivity contribution in [1.82, 2.24) is 0 Å². The molecule has 1 aliphatic heterocycles. The molecule has 0 spiro atoms. The van der Waals surface area contributed by atoms with E-state index in [2.05, 4.69) is 18.8 Å². The summed E-state index contributed by atoms with van der Waals surface area (Å²) in [5, 5.41) is 0. The molecular weight excluding hydrogens is 348 g/mol. The number of esters is 1. The number of rotatable bonds is 3. The second-order valence-corrected chi connectivity index (χ2v) is 8.32. The van der Waals surface area contributed by atoms with E-state index in [1.165, 1.54) is 32.4 Å². The maximum Gasteiger partial charge on any atom is 0.357 e. The number of carbonyl (C=O) groups is 1. The smallest absolute Gasteiger partial charge is 0.357 e. The van der Waals surface area contributed by atoms with E-state index in [-0.39, 0.29) is 28.3 Å². The van der Waals surface area contributed by atoms with Crippen LogP contribution < -0.4 is 9.47 Å². The number of ether oxygens (including phenoxy) is 3. The zero-order chi connectivity index (χ0) is 19.6. The van der Waals surface area contributed by atoms with Gasteiger partial charge in [0, 0.05) is 17.5 Å². The first-order valence-electron chi connectivity index (χ1n) is 9.15. The first-order valence-corrected chi connectivity index (χ1v) is 9.15. The Morgan fingerprint density at radius 1 is 1.22 bits per heavy atom. The molecule has 2 bridgehead atoms. The lowest BCUT2D eigenvalue weighted by molar-refractivity contribution is -0.181. The van der Waals surface area contributed by atoms with Gasteiger partial charge in [-0.05, 0) is 43.2 Å². The van der Waals surface area contributed by atoms with Gasteiger partial charge < -0.3 is 14.2 Å². The lowest BCUT2D eigenvalue weighted by atomic mass is 9.43. The molecule has 3 fully saturated rings. The molecule has 0 N–H and O–H groups in total. The van der Waals surface area contributed by atoms with Gasteiger partial charge in [-0.1, -0.05) is 13.8 Å². The van der Waals surface area contributed by atoms with Gasteiger partial charge in [0.15, 0.2) is 17.1 Å². The zero-order valence-electron chi connectivity index (χ0n) is 16.3. The normalized spacial score (nSPS) is 32.1. The van der Waals surface area contributed by atoms with E-state index >= 15 is 0 Å². The second kappa shape index (κ2) is 5.81. The van der Waals surface area contributed by atoms with Crippen molar-refractivity contribution in [2.75, 3.05) is 14.2 Å². The van der Waals surface area contributed by atoms with Gasteiger partial charge in [-0.15, -0.1) is 0 Å². The van der Waals surface area contributed by atoms with Crippen molar-refractivity contribution in [2.45, 2.75) is 39.2 Å². The van der Waals surface area contributed by atoms with Crippen LogP contribution in [0.15, 0.2) is 22.8 Å². The molecule has 5 nitrogen and oxygen atoms in total. The summed E-state index contributed by atoms with van der Waals surface area (Å²) >= 11 is 0. The molecule has 0 amide bonds. The Bertz CT molecular complexity index is 888. The van der Waals surface area contributed by atoms with Crippen molar-refractivity contribution in [1.29, 1.82) is 0 Å². The van der Waals surface area contributed by atoms with E-state index in [0.29, 0.717) is 11.7 Å². The molecule has 1 aromatic carbocycles. The molecule has 0 saturated heterocycles. The summed E-state index contributed by atoms with van der Waals surface area (Å²) in [6.07, 6.45) is 3.27. The minimum atomic E-state index is -0.664. The van der Waals surface area contributed by atoms with Crippen molar-refractivity contribution in [3.63, 3.8) is 0 Å². The van der Waals surface area contributed by atoms with Crippen LogP contribution in [0.25, 0.3) is 6.08 Å². The molecule has 5 rings (SSSR count). The van der Waals surface area contributed by atoms with Gasteiger partial charge in [0.2, 0.25) is 0 Å². The summed E-state index contributed by atoms with van der Waals surface area (Å²) in [5.41, 5.74) is 0.685. The van der Waals surface area contributed by atoms with Crippen molar-refractivity contribution in [2.24, 2.45) is 22.2 Å². The third-order valence-electron chi connectivity index (χ3n) is 6.71. The number of hydrogen-bond acceptors (Lipinski definition) is 5. The largest absolute Gasteiger partial charge is 0.493 e. The maximum absolute atomic E-state index is 14.4. The van der Waals surface area contributed by atoms with Crippen LogP contribution >= 0.6 is 0 Å². The van der Waals surface area contributed by atoms with Gasteiger partial charge in [0.05, 0.1) is 19.9 Å².